The Hall–Kier alpha value is -3.00. The zero-order valence-corrected chi connectivity index (χ0v) is 13.0. The molecular formula is C18H18N4O. The average molecular weight is 306 g/mol. The van der Waals surface area contributed by atoms with Crippen molar-refractivity contribution in [3.05, 3.63) is 53.9 Å². The second-order valence-electron chi connectivity index (χ2n) is 4.99. The van der Waals surface area contributed by atoms with Gasteiger partial charge in [0, 0.05) is 30.1 Å². The molecule has 1 aromatic carbocycles. The number of nitrogens with zero attached hydrogens (tertiary/aromatic N) is 3. The molecule has 0 bridgehead atoms. The quantitative estimate of drug-likeness (QED) is 0.505. The van der Waals surface area contributed by atoms with Crippen molar-refractivity contribution in [2.45, 2.75) is 19.8 Å². The van der Waals surface area contributed by atoms with Crippen molar-refractivity contribution in [1.82, 2.24) is 15.3 Å². The van der Waals surface area contributed by atoms with Crippen molar-refractivity contribution in [2.24, 2.45) is 0 Å². The van der Waals surface area contributed by atoms with Crippen LogP contribution in [0.3, 0.4) is 0 Å². The van der Waals surface area contributed by atoms with Gasteiger partial charge in [0.1, 0.15) is 11.6 Å². The fraction of sp³-hybridized carbons (Fsp3) is 0.222. The Bertz CT molecular complexity index is 715. The third-order valence-corrected chi connectivity index (χ3v) is 3.20. The molecule has 0 aliphatic heterocycles. The van der Waals surface area contributed by atoms with Crippen LogP contribution in [0.4, 0.5) is 0 Å². The van der Waals surface area contributed by atoms with Gasteiger partial charge in [0.05, 0.1) is 0 Å². The van der Waals surface area contributed by atoms with Gasteiger partial charge in [-0.15, -0.1) is 0 Å². The molecule has 0 saturated heterocycles. The highest BCUT2D eigenvalue weighted by molar-refractivity contribution is 6.01. The normalized spacial score (nSPS) is 10.9. The van der Waals surface area contributed by atoms with Gasteiger partial charge in [0.25, 0.3) is 5.91 Å². The van der Waals surface area contributed by atoms with Crippen LogP contribution in [0, 0.1) is 11.3 Å². The summed E-state index contributed by atoms with van der Waals surface area (Å²) in [6, 6.07) is 11.5. The van der Waals surface area contributed by atoms with Gasteiger partial charge >= 0.3 is 0 Å². The summed E-state index contributed by atoms with van der Waals surface area (Å²) in [5.74, 6) is 0.238. The van der Waals surface area contributed by atoms with Gasteiger partial charge in [0.2, 0.25) is 0 Å². The molecule has 1 N–H and O–H groups in total. The third-order valence-electron chi connectivity index (χ3n) is 3.20. The van der Waals surface area contributed by atoms with E-state index in [1.54, 1.807) is 12.4 Å². The first kappa shape index (κ1) is 16.4. The van der Waals surface area contributed by atoms with Gasteiger partial charge in [-0.25, -0.2) is 9.97 Å². The van der Waals surface area contributed by atoms with Crippen LogP contribution in [0.5, 0.6) is 0 Å². The van der Waals surface area contributed by atoms with Crippen LogP contribution in [0.25, 0.3) is 17.5 Å². The molecule has 5 nitrogen and oxygen atoms in total. The maximum Gasteiger partial charge on any atom is 0.261 e. The lowest BCUT2D eigenvalue weighted by atomic mass is 10.1. The number of rotatable bonds is 6. The Balaban J connectivity index is 2.11. The van der Waals surface area contributed by atoms with Gasteiger partial charge in [-0.3, -0.25) is 4.79 Å². The van der Waals surface area contributed by atoms with Crippen LogP contribution < -0.4 is 5.32 Å². The molecule has 5 heteroatoms. The number of unbranched alkanes of at least 4 members (excludes halogenated alkanes) is 1. The first-order valence-corrected chi connectivity index (χ1v) is 7.52. The van der Waals surface area contributed by atoms with E-state index in [1.807, 2.05) is 43.3 Å². The van der Waals surface area contributed by atoms with E-state index in [-0.39, 0.29) is 11.5 Å². The molecule has 0 aliphatic rings. The Morgan fingerprint density at radius 2 is 1.96 bits per heavy atom. The van der Waals surface area contributed by atoms with E-state index in [2.05, 4.69) is 15.3 Å². The highest BCUT2D eigenvalue weighted by Gasteiger charge is 2.08. The smallest absolute Gasteiger partial charge is 0.261 e. The largest absolute Gasteiger partial charge is 0.351 e. The highest BCUT2D eigenvalue weighted by Crippen LogP contribution is 2.14. The summed E-state index contributed by atoms with van der Waals surface area (Å²) in [4.78, 5) is 20.4. The predicted molar refractivity (Wildman–Crippen MR) is 89.0 cm³/mol. The third kappa shape index (κ3) is 4.75. The molecule has 116 valence electrons. The Morgan fingerprint density at radius 3 is 2.57 bits per heavy atom. The summed E-state index contributed by atoms with van der Waals surface area (Å²) in [6.07, 6.45) is 6.58. The molecular weight excluding hydrogens is 288 g/mol. The van der Waals surface area contributed by atoms with Crippen LogP contribution >= 0.6 is 0 Å². The van der Waals surface area contributed by atoms with E-state index < -0.39 is 0 Å². The minimum absolute atomic E-state index is 0.0529. The van der Waals surface area contributed by atoms with Crippen molar-refractivity contribution < 1.29 is 4.79 Å². The Morgan fingerprint density at radius 1 is 1.26 bits per heavy atom. The van der Waals surface area contributed by atoms with Crippen molar-refractivity contribution in [2.75, 3.05) is 6.54 Å². The molecule has 0 radical (unpaired) electrons. The first-order valence-electron chi connectivity index (χ1n) is 7.52. The fourth-order valence-corrected chi connectivity index (χ4v) is 1.94. The number of nitrogens with one attached hydrogen (secondary N) is 1. The van der Waals surface area contributed by atoms with Crippen molar-refractivity contribution >= 4 is 12.0 Å². The fourth-order valence-electron chi connectivity index (χ4n) is 1.94. The molecule has 1 aromatic heterocycles. The summed E-state index contributed by atoms with van der Waals surface area (Å²) in [6.45, 7) is 2.61. The summed E-state index contributed by atoms with van der Waals surface area (Å²) in [5.41, 5.74) is 1.59. The number of hydrogen-bond acceptors (Lipinski definition) is 4. The van der Waals surface area contributed by atoms with E-state index >= 15 is 0 Å². The molecule has 0 fully saturated rings. The molecule has 2 aromatic rings. The summed E-state index contributed by atoms with van der Waals surface area (Å²) in [5, 5.41) is 11.8. The van der Waals surface area contributed by atoms with E-state index in [0.717, 1.165) is 18.4 Å². The van der Waals surface area contributed by atoms with E-state index in [0.29, 0.717) is 17.9 Å². The zero-order valence-electron chi connectivity index (χ0n) is 13.0. The molecule has 0 saturated carbocycles. The van der Waals surface area contributed by atoms with Gasteiger partial charge in [-0.2, -0.15) is 5.26 Å². The lowest BCUT2D eigenvalue weighted by molar-refractivity contribution is -0.117. The topological polar surface area (TPSA) is 78.7 Å². The van der Waals surface area contributed by atoms with E-state index in [1.165, 1.54) is 6.08 Å². The number of hydrogen-bond donors (Lipinski definition) is 1. The zero-order chi connectivity index (χ0) is 16.5. The molecule has 1 amide bonds. The predicted octanol–water partition coefficient (Wildman–Crippen LogP) is 2.97. The molecule has 0 atom stereocenters. The van der Waals surface area contributed by atoms with Gasteiger partial charge < -0.3 is 5.32 Å². The van der Waals surface area contributed by atoms with E-state index in [9.17, 15) is 4.79 Å². The lowest BCUT2D eigenvalue weighted by Crippen LogP contribution is -2.25. The second kappa shape index (κ2) is 8.44. The maximum atomic E-state index is 11.9. The molecule has 23 heavy (non-hydrogen) atoms. The van der Waals surface area contributed by atoms with E-state index in [4.69, 9.17) is 5.26 Å². The molecule has 0 spiro atoms. The van der Waals surface area contributed by atoms with Crippen molar-refractivity contribution in [1.29, 1.82) is 5.26 Å². The number of carbonyl (C=O) groups is 1. The minimum Gasteiger partial charge on any atom is -0.351 e. The lowest BCUT2D eigenvalue weighted by Gasteiger charge is -2.03. The van der Waals surface area contributed by atoms with Crippen molar-refractivity contribution in [3.63, 3.8) is 0 Å². The Labute approximate surface area is 135 Å². The highest BCUT2D eigenvalue weighted by atomic mass is 16.1. The number of carbonyl (C=O) groups excluding carboxylic acids is 1. The van der Waals surface area contributed by atoms with Crippen molar-refractivity contribution in [3.8, 4) is 17.5 Å². The van der Waals surface area contributed by atoms with Gasteiger partial charge in [0.15, 0.2) is 5.82 Å². The molecule has 0 unspecified atom stereocenters. The van der Waals surface area contributed by atoms with Crippen LogP contribution in [0.1, 0.15) is 25.3 Å². The van der Waals surface area contributed by atoms with Crippen LogP contribution in [0.2, 0.25) is 0 Å². The average Bonchev–Trinajstić information content (AvgIpc) is 2.61. The minimum atomic E-state index is -0.368. The standard InChI is InChI=1S/C18H18N4O/c1-2-3-9-20-18(23)16(11-19)10-14-12-21-17(22-13-14)15-7-5-4-6-8-15/h4-8,10,12-13H,2-3,9H2,1H3,(H,20,23)/b16-10+. The van der Waals surface area contributed by atoms with Crippen LogP contribution in [0.15, 0.2) is 48.3 Å². The SMILES string of the molecule is CCCCNC(=O)/C(C#N)=C/c1cnc(-c2ccccc2)nc1. The number of benzene rings is 1. The monoisotopic (exact) mass is 306 g/mol. The van der Waals surface area contributed by atoms with Gasteiger partial charge in [-0.1, -0.05) is 43.7 Å². The summed E-state index contributed by atoms with van der Waals surface area (Å²) < 4.78 is 0. The van der Waals surface area contributed by atoms with Crippen LogP contribution in [-0.4, -0.2) is 22.4 Å². The number of aromatic nitrogens is 2. The number of amides is 1. The maximum absolute atomic E-state index is 11.9. The first-order chi connectivity index (χ1) is 11.2. The molecule has 0 aliphatic carbocycles. The summed E-state index contributed by atoms with van der Waals surface area (Å²) in [7, 11) is 0. The van der Waals surface area contributed by atoms with Crippen LogP contribution in [-0.2, 0) is 4.79 Å². The second-order valence-corrected chi connectivity index (χ2v) is 4.99. The Kier molecular flexibility index (Phi) is 6.01. The van der Waals surface area contributed by atoms with Gasteiger partial charge in [-0.05, 0) is 12.5 Å². The molecule has 1 heterocycles. The summed E-state index contributed by atoms with van der Waals surface area (Å²) >= 11 is 0. The molecule has 2 rings (SSSR count). The number of nitriles is 1.